The molecule has 0 amide bonds. The topological polar surface area (TPSA) is 63.6 Å². The predicted molar refractivity (Wildman–Crippen MR) is 94.6 cm³/mol. The smallest absolute Gasteiger partial charge is 0.282 e. The van der Waals surface area contributed by atoms with E-state index in [1.54, 1.807) is 26.0 Å². The fraction of sp³-hybridized carbons (Fsp3) is 0.333. The zero-order valence-electron chi connectivity index (χ0n) is 12.3. The number of sulfonamides is 1. The van der Waals surface area contributed by atoms with Crippen molar-refractivity contribution >= 4 is 53.4 Å². The van der Waals surface area contributed by atoms with Gasteiger partial charge in [-0.2, -0.15) is 12.8 Å². The third kappa shape index (κ3) is 3.26. The highest BCUT2D eigenvalue weighted by molar-refractivity contribution is 9.13. The Morgan fingerprint density at radius 1 is 1.18 bits per heavy atom. The number of nitrogens with zero attached hydrogens (tertiary/aromatic N) is 1. The van der Waals surface area contributed by atoms with Crippen LogP contribution < -0.4 is 0 Å². The van der Waals surface area contributed by atoms with Gasteiger partial charge in [-0.25, -0.2) is 0 Å². The molecule has 2 atom stereocenters. The molecule has 0 heterocycles. The SMILES string of the molecule is CC1=CC(=NS(=O)(=O)c2ccc(C)cc2)C(Br)C(C)(Br)C1=O. The van der Waals surface area contributed by atoms with Gasteiger partial charge in [0.2, 0.25) is 0 Å². The van der Waals surface area contributed by atoms with E-state index in [1.165, 1.54) is 18.2 Å². The molecule has 0 spiro atoms. The minimum absolute atomic E-state index is 0.0962. The van der Waals surface area contributed by atoms with E-state index in [1.807, 2.05) is 6.92 Å². The first-order chi connectivity index (χ1) is 10.1. The fourth-order valence-corrected chi connectivity index (χ4v) is 4.26. The van der Waals surface area contributed by atoms with Gasteiger partial charge >= 0.3 is 0 Å². The van der Waals surface area contributed by atoms with E-state index in [4.69, 9.17) is 0 Å². The zero-order chi connectivity index (χ0) is 16.7. The van der Waals surface area contributed by atoms with E-state index < -0.39 is 19.2 Å². The van der Waals surface area contributed by atoms with Crippen LogP contribution in [0.4, 0.5) is 0 Å². The third-order valence-corrected chi connectivity index (χ3v) is 7.58. The summed E-state index contributed by atoms with van der Waals surface area (Å²) in [6, 6.07) is 6.49. The van der Waals surface area contributed by atoms with Gasteiger partial charge in [-0.3, -0.25) is 4.79 Å². The molecule has 0 aliphatic heterocycles. The summed E-state index contributed by atoms with van der Waals surface area (Å²) in [4.78, 5) is 11.7. The first-order valence-corrected chi connectivity index (χ1v) is 9.68. The summed E-state index contributed by atoms with van der Waals surface area (Å²) >= 11 is 6.74. The molecule has 0 N–H and O–H groups in total. The van der Waals surface area contributed by atoms with E-state index >= 15 is 0 Å². The molecule has 2 rings (SSSR count). The Balaban J connectivity index is 2.52. The van der Waals surface area contributed by atoms with Crippen LogP contribution in [0.2, 0.25) is 0 Å². The predicted octanol–water partition coefficient (Wildman–Crippen LogP) is 3.57. The maximum Gasteiger partial charge on any atom is 0.282 e. The summed E-state index contributed by atoms with van der Waals surface area (Å²) in [6.45, 7) is 5.22. The largest absolute Gasteiger partial charge is 0.293 e. The van der Waals surface area contributed by atoms with Crippen molar-refractivity contribution in [3.63, 3.8) is 0 Å². The highest BCUT2D eigenvalue weighted by Crippen LogP contribution is 2.36. The second-order valence-corrected chi connectivity index (χ2v) is 9.57. The van der Waals surface area contributed by atoms with Crippen LogP contribution in [0.15, 0.2) is 45.2 Å². The maximum absolute atomic E-state index is 12.4. The average molecular weight is 449 g/mol. The van der Waals surface area contributed by atoms with E-state index in [2.05, 4.69) is 36.3 Å². The van der Waals surface area contributed by atoms with Crippen LogP contribution in [-0.4, -0.2) is 29.1 Å². The molecule has 0 aromatic heterocycles. The summed E-state index contributed by atoms with van der Waals surface area (Å²) in [6.07, 6.45) is 1.51. The van der Waals surface area contributed by atoms with Crippen LogP contribution in [0.3, 0.4) is 0 Å². The Bertz CT molecular complexity index is 778. The molecule has 0 bridgehead atoms. The van der Waals surface area contributed by atoms with Gasteiger partial charge in [0, 0.05) is 0 Å². The number of aryl methyl sites for hydroxylation is 1. The van der Waals surface area contributed by atoms with Crippen molar-refractivity contribution < 1.29 is 13.2 Å². The van der Waals surface area contributed by atoms with Crippen LogP contribution in [0.1, 0.15) is 19.4 Å². The number of alkyl halides is 2. The molecule has 0 fully saturated rings. The summed E-state index contributed by atoms with van der Waals surface area (Å²) in [5.41, 5.74) is 1.74. The molecule has 118 valence electrons. The number of hydrogen-bond donors (Lipinski definition) is 0. The number of hydrogen-bond acceptors (Lipinski definition) is 3. The number of carbonyl (C=O) groups excluding carboxylic acids is 1. The van der Waals surface area contributed by atoms with Gasteiger partial charge in [0.05, 0.1) is 15.4 Å². The molecule has 22 heavy (non-hydrogen) atoms. The Morgan fingerprint density at radius 3 is 2.27 bits per heavy atom. The lowest BCUT2D eigenvalue weighted by Gasteiger charge is -2.31. The van der Waals surface area contributed by atoms with Crippen molar-refractivity contribution in [1.82, 2.24) is 0 Å². The molecule has 4 nitrogen and oxygen atoms in total. The molecule has 1 aromatic rings. The third-order valence-electron chi connectivity index (χ3n) is 3.45. The summed E-state index contributed by atoms with van der Waals surface area (Å²) in [5.74, 6) is -0.0962. The van der Waals surface area contributed by atoms with Crippen LogP contribution >= 0.6 is 31.9 Å². The van der Waals surface area contributed by atoms with E-state index in [0.29, 0.717) is 11.3 Å². The second kappa shape index (κ2) is 6.02. The molecule has 2 unspecified atom stereocenters. The lowest BCUT2D eigenvalue weighted by molar-refractivity contribution is -0.117. The number of ketones is 1. The summed E-state index contributed by atoms with van der Waals surface area (Å²) in [5, 5.41) is 0. The molecular weight excluding hydrogens is 434 g/mol. The fourth-order valence-electron chi connectivity index (χ4n) is 2.11. The Hall–Kier alpha value is -0.790. The Morgan fingerprint density at radius 2 is 1.73 bits per heavy atom. The van der Waals surface area contributed by atoms with Gasteiger partial charge in [-0.05, 0) is 44.6 Å². The maximum atomic E-state index is 12.4. The summed E-state index contributed by atoms with van der Waals surface area (Å²) < 4.78 is 27.8. The first kappa shape index (κ1) is 17.6. The average Bonchev–Trinajstić information content (AvgIpc) is 2.43. The van der Waals surface area contributed by atoms with Crippen LogP contribution in [0, 0.1) is 6.92 Å². The number of benzene rings is 1. The van der Waals surface area contributed by atoms with Crippen molar-refractivity contribution in [2.75, 3.05) is 0 Å². The highest BCUT2D eigenvalue weighted by atomic mass is 79.9. The van der Waals surface area contributed by atoms with Gasteiger partial charge in [-0.1, -0.05) is 49.6 Å². The van der Waals surface area contributed by atoms with Crippen molar-refractivity contribution in [3.8, 4) is 0 Å². The van der Waals surface area contributed by atoms with Crippen LogP contribution in [-0.2, 0) is 14.8 Å². The molecule has 0 saturated heterocycles. The quantitative estimate of drug-likeness (QED) is 0.649. The Kier molecular flexibility index (Phi) is 4.80. The van der Waals surface area contributed by atoms with E-state index in [-0.39, 0.29) is 10.7 Å². The van der Waals surface area contributed by atoms with Crippen molar-refractivity contribution in [2.24, 2.45) is 4.40 Å². The zero-order valence-corrected chi connectivity index (χ0v) is 16.3. The van der Waals surface area contributed by atoms with Crippen molar-refractivity contribution in [1.29, 1.82) is 0 Å². The molecule has 1 aromatic carbocycles. The highest BCUT2D eigenvalue weighted by Gasteiger charge is 2.44. The van der Waals surface area contributed by atoms with Crippen LogP contribution in [0.5, 0.6) is 0 Å². The van der Waals surface area contributed by atoms with Crippen molar-refractivity contribution in [2.45, 2.75) is 34.8 Å². The molecular formula is C15H15Br2NO3S. The van der Waals surface area contributed by atoms with E-state index in [9.17, 15) is 13.2 Å². The van der Waals surface area contributed by atoms with Gasteiger partial charge in [0.25, 0.3) is 10.0 Å². The molecule has 7 heteroatoms. The van der Waals surface area contributed by atoms with Gasteiger partial charge in [0.15, 0.2) is 5.78 Å². The second-order valence-electron chi connectivity index (χ2n) is 5.40. The molecule has 1 aliphatic rings. The van der Waals surface area contributed by atoms with Crippen LogP contribution in [0.25, 0.3) is 0 Å². The number of Topliss-reactive ketones (excluding diaryl/α,β-unsaturated/α-hetero) is 1. The van der Waals surface area contributed by atoms with Gasteiger partial charge < -0.3 is 0 Å². The normalized spacial score (nSPS) is 27.9. The summed E-state index contributed by atoms with van der Waals surface area (Å²) in [7, 11) is -3.82. The van der Waals surface area contributed by atoms with Gasteiger partial charge in [-0.15, -0.1) is 0 Å². The van der Waals surface area contributed by atoms with E-state index in [0.717, 1.165) is 5.56 Å². The molecule has 0 radical (unpaired) electrons. The van der Waals surface area contributed by atoms with Gasteiger partial charge in [0.1, 0.15) is 4.32 Å². The Labute approximate surface area is 147 Å². The minimum Gasteiger partial charge on any atom is -0.293 e. The molecule has 0 saturated carbocycles. The standard InChI is InChI=1S/C15H15Br2NO3S/c1-9-4-6-11(7-5-9)22(20,21)18-12-8-10(2)14(19)15(3,17)13(12)16/h4-8,13H,1-3H3. The number of halogens is 2. The molecule has 1 aliphatic carbocycles. The van der Waals surface area contributed by atoms with Crippen molar-refractivity contribution in [3.05, 3.63) is 41.5 Å². The number of carbonyl (C=O) groups is 1. The number of allylic oxidation sites excluding steroid dienone is 2. The number of rotatable bonds is 2. The minimum atomic E-state index is -3.82. The first-order valence-electron chi connectivity index (χ1n) is 6.53. The monoisotopic (exact) mass is 447 g/mol. The lowest BCUT2D eigenvalue weighted by atomic mass is 9.88. The lowest BCUT2D eigenvalue weighted by Crippen LogP contribution is -2.46.